The third kappa shape index (κ3) is 1.91. The highest BCUT2D eigenvalue weighted by molar-refractivity contribution is 5.12. The molecule has 2 aliphatic carbocycles. The van der Waals surface area contributed by atoms with Crippen molar-refractivity contribution < 1.29 is 9.84 Å². The van der Waals surface area contributed by atoms with Gasteiger partial charge < -0.3 is 15.2 Å². The van der Waals surface area contributed by atoms with Crippen LogP contribution < -0.4 is 5.32 Å². The molecule has 3 nitrogen and oxygen atoms in total. The molecule has 0 aromatic rings. The van der Waals surface area contributed by atoms with E-state index in [9.17, 15) is 5.11 Å². The molecular weight excluding hydrogens is 226 g/mol. The summed E-state index contributed by atoms with van der Waals surface area (Å²) in [6.45, 7) is 5.93. The molecule has 1 saturated heterocycles. The maximum atomic E-state index is 9.52. The van der Waals surface area contributed by atoms with E-state index in [0.717, 1.165) is 6.61 Å². The predicted molar refractivity (Wildman–Crippen MR) is 71.4 cm³/mol. The quantitative estimate of drug-likeness (QED) is 0.807. The van der Waals surface area contributed by atoms with E-state index in [1.807, 2.05) is 0 Å². The van der Waals surface area contributed by atoms with E-state index < -0.39 is 0 Å². The van der Waals surface area contributed by atoms with Crippen molar-refractivity contribution in [3.63, 3.8) is 0 Å². The second-order valence-electron chi connectivity index (χ2n) is 7.04. The lowest BCUT2D eigenvalue weighted by Crippen LogP contribution is -2.68. The van der Waals surface area contributed by atoms with E-state index in [0.29, 0.717) is 36.6 Å². The molecule has 3 aliphatic rings. The minimum atomic E-state index is 0.263. The van der Waals surface area contributed by atoms with Gasteiger partial charge in [-0.25, -0.2) is 0 Å². The Morgan fingerprint density at radius 1 is 1.22 bits per heavy atom. The number of rotatable bonds is 3. The zero-order valence-corrected chi connectivity index (χ0v) is 11.7. The molecule has 18 heavy (non-hydrogen) atoms. The Labute approximate surface area is 110 Å². The third-order valence-corrected chi connectivity index (χ3v) is 5.64. The van der Waals surface area contributed by atoms with Crippen molar-refractivity contribution in [2.75, 3.05) is 13.2 Å². The Bertz CT molecular complexity index is 305. The summed E-state index contributed by atoms with van der Waals surface area (Å²) in [5.41, 5.74) is 0.263. The molecular formula is C15H27NO2. The van der Waals surface area contributed by atoms with Crippen LogP contribution in [0.2, 0.25) is 0 Å². The maximum absolute atomic E-state index is 9.52. The van der Waals surface area contributed by atoms with Crippen LogP contribution >= 0.6 is 0 Å². The first kappa shape index (κ1) is 12.9. The van der Waals surface area contributed by atoms with Gasteiger partial charge in [-0.05, 0) is 25.2 Å². The zero-order valence-electron chi connectivity index (χ0n) is 11.7. The fraction of sp³-hybridized carbons (Fsp3) is 1.00. The lowest BCUT2D eigenvalue weighted by molar-refractivity contribution is -0.118. The van der Waals surface area contributed by atoms with Gasteiger partial charge >= 0.3 is 0 Å². The van der Waals surface area contributed by atoms with Gasteiger partial charge in [-0.15, -0.1) is 0 Å². The first-order valence-corrected chi connectivity index (χ1v) is 7.63. The van der Waals surface area contributed by atoms with E-state index in [-0.39, 0.29) is 5.41 Å². The highest BCUT2D eigenvalue weighted by atomic mass is 16.5. The summed E-state index contributed by atoms with van der Waals surface area (Å²) in [6, 6.07) is 1.11. The highest BCUT2D eigenvalue weighted by Crippen LogP contribution is 2.52. The monoisotopic (exact) mass is 253 g/mol. The molecule has 0 bridgehead atoms. The minimum absolute atomic E-state index is 0.263. The van der Waals surface area contributed by atoms with Crippen molar-refractivity contribution in [1.82, 2.24) is 5.32 Å². The third-order valence-electron chi connectivity index (χ3n) is 5.64. The number of aliphatic hydroxyl groups is 1. The summed E-state index contributed by atoms with van der Waals surface area (Å²) in [5, 5.41) is 13.4. The zero-order chi connectivity index (χ0) is 12.8. The van der Waals surface area contributed by atoms with Gasteiger partial charge in [0.2, 0.25) is 0 Å². The smallest absolute Gasteiger partial charge is 0.0685 e. The second kappa shape index (κ2) is 4.77. The summed E-state index contributed by atoms with van der Waals surface area (Å²) < 4.78 is 5.85. The van der Waals surface area contributed by atoms with Gasteiger partial charge in [0.05, 0.1) is 6.10 Å². The van der Waals surface area contributed by atoms with Gasteiger partial charge in [-0.3, -0.25) is 0 Å². The van der Waals surface area contributed by atoms with Gasteiger partial charge in [-0.2, -0.15) is 0 Å². The lowest BCUT2D eigenvalue weighted by atomic mass is 9.57. The van der Waals surface area contributed by atoms with Gasteiger partial charge in [0, 0.05) is 36.6 Å². The van der Waals surface area contributed by atoms with Crippen LogP contribution in [0.1, 0.15) is 46.0 Å². The van der Waals surface area contributed by atoms with E-state index in [4.69, 9.17) is 4.74 Å². The van der Waals surface area contributed by atoms with Crippen LogP contribution in [0.5, 0.6) is 0 Å². The van der Waals surface area contributed by atoms with Crippen molar-refractivity contribution in [3.8, 4) is 0 Å². The number of hydrogen-bond donors (Lipinski definition) is 2. The average Bonchev–Trinajstić information content (AvgIpc) is 2.83. The summed E-state index contributed by atoms with van der Waals surface area (Å²) in [4.78, 5) is 0. The molecule has 3 rings (SSSR count). The Morgan fingerprint density at radius 2 is 2.00 bits per heavy atom. The van der Waals surface area contributed by atoms with E-state index in [1.165, 1.54) is 32.1 Å². The van der Waals surface area contributed by atoms with Gasteiger partial charge in [-0.1, -0.05) is 26.7 Å². The fourth-order valence-corrected chi connectivity index (χ4v) is 4.54. The van der Waals surface area contributed by atoms with Gasteiger partial charge in [0.15, 0.2) is 0 Å². The molecule has 5 unspecified atom stereocenters. The second-order valence-corrected chi connectivity index (χ2v) is 7.04. The van der Waals surface area contributed by atoms with Crippen LogP contribution in [0.4, 0.5) is 0 Å². The molecule has 3 heteroatoms. The fourth-order valence-electron chi connectivity index (χ4n) is 4.54. The SMILES string of the molecule is CC1(C)C(NC2CCCCC2CO)C2CCOC21. The average molecular weight is 253 g/mol. The van der Waals surface area contributed by atoms with Crippen molar-refractivity contribution in [1.29, 1.82) is 0 Å². The summed E-state index contributed by atoms with van der Waals surface area (Å²) in [5.74, 6) is 1.18. The van der Waals surface area contributed by atoms with Crippen molar-refractivity contribution in [2.24, 2.45) is 17.3 Å². The Hall–Kier alpha value is -0.120. The van der Waals surface area contributed by atoms with Crippen LogP contribution in [-0.2, 0) is 4.74 Å². The first-order valence-electron chi connectivity index (χ1n) is 7.63. The van der Waals surface area contributed by atoms with Crippen LogP contribution in [0, 0.1) is 17.3 Å². The van der Waals surface area contributed by atoms with E-state index in [1.54, 1.807) is 0 Å². The highest BCUT2D eigenvalue weighted by Gasteiger charge is 2.59. The first-order chi connectivity index (χ1) is 8.64. The van der Waals surface area contributed by atoms with Gasteiger partial charge in [0.1, 0.15) is 0 Å². The topological polar surface area (TPSA) is 41.5 Å². The Morgan fingerprint density at radius 3 is 2.78 bits per heavy atom. The molecule has 0 spiro atoms. The minimum Gasteiger partial charge on any atom is -0.396 e. The molecule has 1 heterocycles. The van der Waals surface area contributed by atoms with E-state index >= 15 is 0 Å². The molecule has 2 saturated carbocycles. The largest absolute Gasteiger partial charge is 0.396 e. The number of nitrogens with one attached hydrogen (secondary N) is 1. The number of fused-ring (bicyclic) bond motifs is 1. The molecule has 104 valence electrons. The van der Waals surface area contributed by atoms with Crippen molar-refractivity contribution in [3.05, 3.63) is 0 Å². The van der Waals surface area contributed by atoms with Crippen molar-refractivity contribution in [2.45, 2.75) is 64.1 Å². The number of ether oxygens (including phenoxy) is 1. The number of aliphatic hydroxyl groups excluding tert-OH is 1. The van der Waals surface area contributed by atoms with E-state index in [2.05, 4.69) is 19.2 Å². The molecule has 1 aliphatic heterocycles. The predicted octanol–water partition coefficient (Wildman–Crippen LogP) is 1.94. The summed E-state index contributed by atoms with van der Waals surface area (Å²) in [6.07, 6.45) is 6.69. The molecule has 2 N–H and O–H groups in total. The molecule has 5 atom stereocenters. The van der Waals surface area contributed by atoms with Crippen LogP contribution in [-0.4, -0.2) is 36.5 Å². The molecule has 0 aromatic heterocycles. The van der Waals surface area contributed by atoms with Crippen LogP contribution in [0.25, 0.3) is 0 Å². The number of hydrogen-bond acceptors (Lipinski definition) is 3. The van der Waals surface area contributed by atoms with Gasteiger partial charge in [0.25, 0.3) is 0 Å². The standard InChI is InChI=1S/C15H27NO2/c1-15(2)13(11-7-8-18-14(11)15)16-12-6-4-3-5-10(12)9-17/h10-14,16-17H,3-9H2,1-2H3. The maximum Gasteiger partial charge on any atom is 0.0685 e. The molecule has 3 fully saturated rings. The van der Waals surface area contributed by atoms with Crippen molar-refractivity contribution >= 4 is 0 Å². The Balaban J connectivity index is 1.65. The lowest BCUT2D eigenvalue weighted by Gasteiger charge is -2.56. The summed E-state index contributed by atoms with van der Waals surface area (Å²) >= 11 is 0. The van der Waals surface area contributed by atoms with Crippen LogP contribution in [0.15, 0.2) is 0 Å². The Kier molecular flexibility index (Phi) is 3.41. The normalized spacial score (nSPS) is 46.5. The van der Waals surface area contributed by atoms with Crippen LogP contribution in [0.3, 0.4) is 0 Å². The molecule has 0 aromatic carbocycles. The molecule has 0 radical (unpaired) electrons. The summed E-state index contributed by atoms with van der Waals surface area (Å²) in [7, 11) is 0. The molecule has 0 amide bonds.